The van der Waals surface area contributed by atoms with Crippen molar-refractivity contribution in [3.05, 3.63) is 29.3 Å². The summed E-state index contributed by atoms with van der Waals surface area (Å²) in [5.74, 6) is -0.0760. The molecule has 1 fully saturated rings. The summed E-state index contributed by atoms with van der Waals surface area (Å²) in [5, 5.41) is 8.36. The third kappa shape index (κ3) is 2.90. The van der Waals surface area contributed by atoms with Crippen LogP contribution in [0.5, 0.6) is 0 Å². The normalized spacial score (nSPS) is 19.2. The first kappa shape index (κ1) is 14.7. The molecule has 20 heavy (non-hydrogen) atoms. The lowest BCUT2D eigenvalue weighted by Gasteiger charge is -2.13. The summed E-state index contributed by atoms with van der Waals surface area (Å²) in [7, 11) is 1.67. The lowest BCUT2D eigenvalue weighted by molar-refractivity contribution is -0.138. The molecule has 1 aromatic carbocycles. The number of nitrogens with zero attached hydrogens (tertiary/aromatic N) is 2. The van der Waals surface area contributed by atoms with Gasteiger partial charge in [-0.1, -0.05) is 0 Å². The van der Waals surface area contributed by atoms with Crippen LogP contribution in [0.4, 0.5) is 13.2 Å². The molecule has 1 saturated heterocycles. The minimum absolute atomic E-state index is 0.0760. The largest absolute Gasteiger partial charge is 0.417 e. The minimum Gasteiger partial charge on any atom is -0.345 e. The molecule has 1 aliphatic heterocycles. The molecule has 1 amide bonds. The molecule has 0 saturated carbocycles. The van der Waals surface area contributed by atoms with E-state index in [2.05, 4.69) is 0 Å². The number of benzene rings is 1. The van der Waals surface area contributed by atoms with Crippen LogP contribution in [-0.4, -0.2) is 29.6 Å². The highest BCUT2D eigenvalue weighted by atomic mass is 32.2. The Morgan fingerprint density at radius 2 is 2.15 bits per heavy atom. The molecule has 2 rings (SSSR count). The van der Waals surface area contributed by atoms with E-state index in [-0.39, 0.29) is 11.2 Å². The van der Waals surface area contributed by atoms with Crippen molar-refractivity contribution >= 4 is 17.7 Å². The number of likely N-dealkylation sites (tertiary alicyclic amines) is 1. The molecule has 0 bridgehead atoms. The minimum atomic E-state index is -4.57. The van der Waals surface area contributed by atoms with Crippen molar-refractivity contribution in [1.29, 1.82) is 5.26 Å². The zero-order valence-corrected chi connectivity index (χ0v) is 11.4. The van der Waals surface area contributed by atoms with E-state index in [4.69, 9.17) is 5.26 Å². The first-order chi connectivity index (χ1) is 9.32. The maximum atomic E-state index is 12.8. The second-order valence-corrected chi connectivity index (χ2v) is 5.75. The number of hydrogen-bond acceptors (Lipinski definition) is 3. The molecule has 0 aliphatic carbocycles. The van der Waals surface area contributed by atoms with Gasteiger partial charge in [-0.25, -0.2) is 0 Å². The third-order valence-corrected chi connectivity index (χ3v) is 4.32. The maximum Gasteiger partial charge on any atom is 0.417 e. The number of alkyl halides is 3. The fourth-order valence-corrected chi connectivity index (χ4v) is 3.16. The predicted molar refractivity (Wildman–Crippen MR) is 68.1 cm³/mol. The van der Waals surface area contributed by atoms with E-state index >= 15 is 0 Å². The summed E-state index contributed by atoms with van der Waals surface area (Å²) in [6.45, 7) is 0.610. The highest BCUT2D eigenvalue weighted by Gasteiger charge is 2.35. The van der Waals surface area contributed by atoms with E-state index < -0.39 is 17.3 Å². The highest BCUT2D eigenvalue weighted by Crippen LogP contribution is 2.37. The molecule has 1 unspecified atom stereocenters. The van der Waals surface area contributed by atoms with Crippen molar-refractivity contribution in [2.24, 2.45) is 0 Å². The third-order valence-electron chi connectivity index (χ3n) is 3.07. The number of rotatable bonds is 2. The number of nitriles is 1. The van der Waals surface area contributed by atoms with E-state index in [1.807, 2.05) is 0 Å². The lowest BCUT2D eigenvalue weighted by Crippen LogP contribution is -2.23. The van der Waals surface area contributed by atoms with Gasteiger partial charge in [-0.3, -0.25) is 4.79 Å². The molecular formula is C13H11F3N2OS. The summed E-state index contributed by atoms with van der Waals surface area (Å²) in [6, 6.07) is 5.07. The van der Waals surface area contributed by atoms with Gasteiger partial charge in [-0.15, -0.1) is 11.8 Å². The summed E-state index contributed by atoms with van der Waals surface area (Å²) < 4.78 is 38.5. The zero-order chi connectivity index (χ0) is 14.9. The number of carbonyl (C=O) groups is 1. The molecule has 106 valence electrons. The van der Waals surface area contributed by atoms with Gasteiger partial charge in [0.05, 0.1) is 22.4 Å². The molecule has 0 radical (unpaired) electrons. The number of halogens is 3. The van der Waals surface area contributed by atoms with Gasteiger partial charge in [0.1, 0.15) is 0 Å². The number of amides is 1. The van der Waals surface area contributed by atoms with E-state index in [1.165, 1.54) is 12.1 Å². The van der Waals surface area contributed by atoms with Gasteiger partial charge in [0.2, 0.25) is 5.91 Å². The van der Waals surface area contributed by atoms with E-state index in [9.17, 15) is 18.0 Å². The molecule has 1 aromatic rings. The van der Waals surface area contributed by atoms with Crippen LogP contribution < -0.4 is 0 Å². The summed E-state index contributed by atoms with van der Waals surface area (Å²) in [6.07, 6.45) is -3.96. The molecule has 0 N–H and O–H groups in total. The van der Waals surface area contributed by atoms with Gasteiger partial charge >= 0.3 is 6.18 Å². The van der Waals surface area contributed by atoms with Crippen LogP contribution >= 0.6 is 11.8 Å². The fourth-order valence-electron chi connectivity index (χ4n) is 1.99. The summed E-state index contributed by atoms with van der Waals surface area (Å²) in [4.78, 5) is 13.7. The molecular weight excluding hydrogens is 289 g/mol. The fraction of sp³-hybridized carbons (Fsp3) is 0.385. The number of carbonyl (C=O) groups excluding carboxylic acids is 1. The van der Waals surface area contributed by atoms with Gasteiger partial charge in [-0.05, 0) is 24.6 Å². The van der Waals surface area contributed by atoms with Gasteiger partial charge in [0.25, 0.3) is 0 Å². The maximum absolute atomic E-state index is 12.8. The summed E-state index contributed by atoms with van der Waals surface area (Å²) >= 11 is 1.11. The zero-order valence-electron chi connectivity index (χ0n) is 10.6. The van der Waals surface area contributed by atoms with Crippen LogP contribution in [0.15, 0.2) is 23.1 Å². The average molecular weight is 300 g/mol. The van der Waals surface area contributed by atoms with Crippen molar-refractivity contribution in [1.82, 2.24) is 4.90 Å². The van der Waals surface area contributed by atoms with Gasteiger partial charge in [0, 0.05) is 18.5 Å². The van der Waals surface area contributed by atoms with Crippen LogP contribution in [0.2, 0.25) is 0 Å². The monoisotopic (exact) mass is 300 g/mol. The standard InChI is InChI=1S/C13H11F3N2OS/c1-18-5-4-11(12(18)19)20-9-3-2-8(7-17)10(6-9)13(14,15)16/h2-3,6,11H,4-5H2,1H3. The Kier molecular flexibility index (Phi) is 3.95. The molecule has 1 atom stereocenters. The molecule has 7 heteroatoms. The van der Waals surface area contributed by atoms with Crippen molar-refractivity contribution in [3.8, 4) is 6.07 Å². The molecule has 0 spiro atoms. The SMILES string of the molecule is CN1CCC(Sc2ccc(C#N)c(C(F)(F)F)c2)C1=O. The number of thioether (sulfide) groups is 1. The van der Waals surface area contributed by atoms with E-state index in [0.29, 0.717) is 17.9 Å². The Hall–Kier alpha value is -1.68. The molecule has 1 aliphatic rings. The van der Waals surface area contributed by atoms with Crippen molar-refractivity contribution in [3.63, 3.8) is 0 Å². The van der Waals surface area contributed by atoms with E-state index in [0.717, 1.165) is 23.9 Å². The number of hydrogen-bond donors (Lipinski definition) is 0. The van der Waals surface area contributed by atoms with E-state index in [1.54, 1.807) is 11.9 Å². The van der Waals surface area contributed by atoms with Crippen LogP contribution in [0.25, 0.3) is 0 Å². The Morgan fingerprint density at radius 1 is 1.45 bits per heavy atom. The van der Waals surface area contributed by atoms with Crippen LogP contribution in [0.1, 0.15) is 17.5 Å². The van der Waals surface area contributed by atoms with Crippen molar-refractivity contribution < 1.29 is 18.0 Å². The summed E-state index contributed by atoms with van der Waals surface area (Å²) in [5.41, 5.74) is -1.36. The average Bonchev–Trinajstić information content (AvgIpc) is 2.70. The second kappa shape index (κ2) is 5.37. The highest BCUT2D eigenvalue weighted by molar-refractivity contribution is 8.00. The van der Waals surface area contributed by atoms with Crippen LogP contribution in [0, 0.1) is 11.3 Å². The molecule has 3 nitrogen and oxygen atoms in total. The Balaban J connectivity index is 2.27. The first-order valence-corrected chi connectivity index (χ1v) is 6.74. The van der Waals surface area contributed by atoms with Crippen LogP contribution in [0.3, 0.4) is 0 Å². The Morgan fingerprint density at radius 3 is 2.65 bits per heavy atom. The topological polar surface area (TPSA) is 44.1 Å². The second-order valence-electron chi connectivity index (χ2n) is 4.47. The quantitative estimate of drug-likeness (QED) is 0.843. The van der Waals surface area contributed by atoms with Crippen LogP contribution in [-0.2, 0) is 11.0 Å². The van der Waals surface area contributed by atoms with Crippen molar-refractivity contribution in [2.45, 2.75) is 22.7 Å². The Labute approximate surface area is 118 Å². The van der Waals surface area contributed by atoms with Gasteiger partial charge < -0.3 is 4.90 Å². The predicted octanol–water partition coefficient (Wildman–Crippen LogP) is 2.90. The van der Waals surface area contributed by atoms with Crippen molar-refractivity contribution in [2.75, 3.05) is 13.6 Å². The smallest absolute Gasteiger partial charge is 0.345 e. The first-order valence-electron chi connectivity index (χ1n) is 5.86. The molecule has 1 heterocycles. The Bertz CT molecular complexity index is 580. The van der Waals surface area contributed by atoms with Gasteiger partial charge in [0.15, 0.2) is 0 Å². The lowest BCUT2D eigenvalue weighted by atomic mass is 10.1. The van der Waals surface area contributed by atoms with Gasteiger partial charge in [-0.2, -0.15) is 18.4 Å². The molecule has 0 aromatic heterocycles.